The summed E-state index contributed by atoms with van der Waals surface area (Å²) < 4.78 is 11.1. The van der Waals surface area contributed by atoms with Crippen LogP contribution in [0.15, 0.2) is 84.1 Å². The van der Waals surface area contributed by atoms with Gasteiger partial charge in [-0.2, -0.15) is 0 Å². The van der Waals surface area contributed by atoms with E-state index >= 15 is 0 Å². The maximum atomic E-state index is 13.9. The topological polar surface area (TPSA) is 62.8 Å². The van der Waals surface area contributed by atoms with Crippen molar-refractivity contribution in [1.82, 2.24) is 0 Å². The van der Waals surface area contributed by atoms with Gasteiger partial charge in [-0.25, -0.2) is 0 Å². The van der Waals surface area contributed by atoms with Crippen LogP contribution in [0.4, 0.5) is 17.1 Å². The van der Waals surface area contributed by atoms with E-state index in [1.807, 2.05) is 77.7 Å². The van der Waals surface area contributed by atoms with Crippen molar-refractivity contribution in [3.05, 3.63) is 89.6 Å². The molecule has 2 N–H and O–H groups in total. The molecule has 0 saturated carbocycles. The number of ketones is 1. The highest BCUT2D eigenvalue weighted by atomic mass is 32.1. The summed E-state index contributed by atoms with van der Waals surface area (Å²) in [6.07, 6.45) is 1.21. The Bertz CT molecular complexity index is 1380. The van der Waals surface area contributed by atoms with Crippen molar-refractivity contribution in [2.75, 3.05) is 29.8 Å². The van der Waals surface area contributed by atoms with Gasteiger partial charge in [-0.15, -0.1) is 0 Å². The number of nitrogens with zero attached hydrogens (tertiary/aromatic N) is 1. The predicted molar refractivity (Wildman–Crippen MR) is 153 cm³/mol. The molecule has 3 aromatic carbocycles. The Morgan fingerprint density at radius 2 is 1.68 bits per heavy atom. The molecule has 0 radical (unpaired) electrons. The van der Waals surface area contributed by atoms with E-state index in [0.717, 1.165) is 40.3 Å². The van der Waals surface area contributed by atoms with E-state index in [4.69, 9.17) is 21.7 Å². The van der Waals surface area contributed by atoms with Crippen molar-refractivity contribution in [2.45, 2.75) is 32.7 Å². The van der Waals surface area contributed by atoms with Gasteiger partial charge in [-0.1, -0.05) is 50.2 Å². The normalized spacial score (nSPS) is 18.2. The minimum atomic E-state index is -0.474. The minimum absolute atomic E-state index is 0.110. The number of Topliss-reactive ketones (excluding diaryl/α,β-unsaturated/α-hetero) is 1. The van der Waals surface area contributed by atoms with Crippen molar-refractivity contribution >= 4 is 40.2 Å². The first-order valence-corrected chi connectivity index (χ1v) is 12.7. The van der Waals surface area contributed by atoms with Crippen molar-refractivity contribution in [1.29, 1.82) is 0 Å². The van der Waals surface area contributed by atoms with Gasteiger partial charge in [-0.3, -0.25) is 4.79 Å². The molecule has 0 saturated heterocycles. The Morgan fingerprint density at radius 3 is 2.41 bits per heavy atom. The van der Waals surface area contributed by atoms with E-state index in [1.165, 1.54) is 0 Å². The Kier molecular flexibility index (Phi) is 6.65. The van der Waals surface area contributed by atoms with Crippen molar-refractivity contribution < 1.29 is 14.3 Å². The summed E-state index contributed by atoms with van der Waals surface area (Å²) in [6, 6.07) is 23.2. The number of methoxy groups -OCH3 is 2. The van der Waals surface area contributed by atoms with E-state index in [1.54, 1.807) is 14.2 Å². The monoisotopic (exact) mass is 513 g/mol. The second kappa shape index (κ2) is 9.90. The molecular weight excluding hydrogens is 482 g/mol. The van der Waals surface area contributed by atoms with Crippen LogP contribution in [-0.4, -0.2) is 25.1 Å². The molecule has 6 nitrogen and oxygen atoms in total. The van der Waals surface area contributed by atoms with Crippen LogP contribution in [0.25, 0.3) is 0 Å². The van der Waals surface area contributed by atoms with Crippen molar-refractivity contribution in [3.63, 3.8) is 0 Å². The number of rotatable bonds is 4. The quantitative estimate of drug-likeness (QED) is 0.376. The summed E-state index contributed by atoms with van der Waals surface area (Å²) in [5.74, 6) is 1.33. The number of anilines is 3. The van der Waals surface area contributed by atoms with Crippen LogP contribution in [0.2, 0.25) is 0 Å². The summed E-state index contributed by atoms with van der Waals surface area (Å²) in [5, 5.41) is 7.51. The van der Waals surface area contributed by atoms with Gasteiger partial charge >= 0.3 is 0 Å². The van der Waals surface area contributed by atoms with Crippen LogP contribution in [0, 0.1) is 5.41 Å². The van der Waals surface area contributed by atoms with Crippen LogP contribution in [-0.2, 0) is 4.79 Å². The summed E-state index contributed by atoms with van der Waals surface area (Å²) in [5.41, 5.74) is 5.04. The zero-order valence-electron chi connectivity index (χ0n) is 21.5. The molecule has 0 aromatic heterocycles. The third-order valence-electron chi connectivity index (χ3n) is 6.87. The maximum absolute atomic E-state index is 13.9. The fraction of sp³-hybridized carbons (Fsp3) is 0.267. The molecule has 3 aromatic rings. The largest absolute Gasteiger partial charge is 0.493 e. The number of benzene rings is 3. The molecular formula is C30H31N3O3S. The zero-order chi connectivity index (χ0) is 26.2. The van der Waals surface area contributed by atoms with Gasteiger partial charge in [0.15, 0.2) is 22.4 Å². The van der Waals surface area contributed by atoms with Crippen LogP contribution >= 0.6 is 12.2 Å². The summed E-state index contributed by atoms with van der Waals surface area (Å²) in [6.45, 7) is 4.27. The van der Waals surface area contributed by atoms with E-state index in [-0.39, 0.29) is 11.2 Å². The molecule has 1 aliphatic carbocycles. The molecule has 0 bridgehead atoms. The second-order valence-corrected chi connectivity index (χ2v) is 10.5. The first kappa shape index (κ1) is 24.8. The molecule has 0 amide bonds. The van der Waals surface area contributed by atoms with E-state index in [9.17, 15) is 4.79 Å². The van der Waals surface area contributed by atoms with Gasteiger partial charge in [0, 0.05) is 23.4 Å². The lowest BCUT2D eigenvalue weighted by Gasteiger charge is -2.38. The smallest absolute Gasteiger partial charge is 0.178 e. The summed E-state index contributed by atoms with van der Waals surface area (Å²) >= 11 is 6.05. The minimum Gasteiger partial charge on any atom is -0.493 e. The number of hydrogen-bond acceptors (Lipinski definition) is 5. The van der Waals surface area contributed by atoms with Crippen LogP contribution in [0.3, 0.4) is 0 Å². The Hall–Kier alpha value is -3.84. The standard InChI is InChI=1S/C30H31N3O3S/c1-30(2)17-22-27(24(34)18-30)28(19-14-15-25(35-3)26(16-19)36-4)33(23-13-9-8-12-21(23)32-22)29(37)31-20-10-6-5-7-11-20/h5-16,28,32H,17-18H2,1-4H3,(H,31,37). The molecule has 0 spiro atoms. The number of ether oxygens (including phenoxy) is 2. The van der Waals surface area contributed by atoms with E-state index < -0.39 is 6.04 Å². The molecule has 2 aliphatic rings. The highest BCUT2D eigenvalue weighted by Crippen LogP contribution is 2.49. The number of allylic oxidation sites excluding steroid dienone is 1. The molecule has 190 valence electrons. The van der Waals surface area contributed by atoms with Crippen molar-refractivity contribution in [3.8, 4) is 11.5 Å². The lowest BCUT2D eigenvalue weighted by atomic mass is 9.73. The lowest BCUT2D eigenvalue weighted by molar-refractivity contribution is -0.118. The third-order valence-corrected chi connectivity index (χ3v) is 7.17. The molecule has 1 atom stereocenters. The van der Waals surface area contributed by atoms with E-state index in [2.05, 4.69) is 24.5 Å². The number of hydrogen-bond donors (Lipinski definition) is 2. The number of carbonyl (C=O) groups excluding carboxylic acids is 1. The Labute approximate surface area is 223 Å². The number of thiocarbonyl (C=S) groups is 1. The highest BCUT2D eigenvalue weighted by molar-refractivity contribution is 7.80. The van der Waals surface area contributed by atoms with Crippen LogP contribution < -0.4 is 25.0 Å². The van der Waals surface area contributed by atoms with Gasteiger partial charge in [0.2, 0.25) is 0 Å². The number of fused-ring (bicyclic) bond motifs is 1. The Morgan fingerprint density at radius 1 is 0.973 bits per heavy atom. The van der Waals surface area contributed by atoms with Crippen LogP contribution in [0.5, 0.6) is 11.5 Å². The number of nitrogens with one attached hydrogen (secondary N) is 2. The third kappa shape index (κ3) is 4.79. The fourth-order valence-electron chi connectivity index (χ4n) is 5.25. The molecule has 7 heteroatoms. The maximum Gasteiger partial charge on any atom is 0.178 e. The molecule has 0 fully saturated rings. The van der Waals surface area contributed by atoms with Crippen LogP contribution in [0.1, 0.15) is 38.3 Å². The highest BCUT2D eigenvalue weighted by Gasteiger charge is 2.42. The van der Waals surface area contributed by atoms with E-state index in [0.29, 0.717) is 23.0 Å². The molecule has 1 heterocycles. The predicted octanol–water partition coefficient (Wildman–Crippen LogP) is 6.72. The Balaban J connectivity index is 1.74. The number of carbonyl (C=O) groups is 1. The average molecular weight is 514 g/mol. The van der Waals surface area contributed by atoms with Gasteiger partial charge in [-0.05, 0) is 66.0 Å². The molecule has 5 rings (SSSR count). The van der Waals surface area contributed by atoms with Gasteiger partial charge < -0.3 is 25.0 Å². The average Bonchev–Trinajstić information content (AvgIpc) is 3.02. The SMILES string of the molecule is COc1ccc(C2C3=C(CC(C)(C)CC3=O)Nc3ccccc3N2C(=S)Nc2ccccc2)cc1OC. The first-order chi connectivity index (χ1) is 17.8. The molecule has 1 aliphatic heterocycles. The lowest BCUT2D eigenvalue weighted by Crippen LogP contribution is -2.41. The summed E-state index contributed by atoms with van der Waals surface area (Å²) in [7, 11) is 3.23. The zero-order valence-corrected chi connectivity index (χ0v) is 22.3. The van der Waals surface area contributed by atoms with Gasteiger partial charge in [0.25, 0.3) is 0 Å². The number of para-hydroxylation sites is 3. The molecule has 37 heavy (non-hydrogen) atoms. The summed E-state index contributed by atoms with van der Waals surface area (Å²) in [4.78, 5) is 15.9. The van der Waals surface area contributed by atoms with Gasteiger partial charge in [0.05, 0.1) is 31.6 Å². The second-order valence-electron chi connectivity index (χ2n) is 10.2. The molecule has 1 unspecified atom stereocenters. The van der Waals surface area contributed by atoms with Crippen molar-refractivity contribution in [2.24, 2.45) is 5.41 Å². The van der Waals surface area contributed by atoms with Gasteiger partial charge in [0.1, 0.15) is 0 Å². The fourth-order valence-corrected chi connectivity index (χ4v) is 5.58. The first-order valence-electron chi connectivity index (χ1n) is 12.3.